The molecule has 0 aliphatic rings. The van der Waals surface area contributed by atoms with Gasteiger partial charge in [-0.3, -0.25) is 0 Å². The molecule has 23 heavy (non-hydrogen) atoms. The Morgan fingerprint density at radius 3 is 2.22 bits per heavy atom. The second kappa shape index (κ2) is 9.12. The molecule has 0 bridgehead atoms. The second-order valence-corrected chi connectivity index (χ2v) is 7.03. The average Bonchev–Trinajstić information content (AvgIpc) is 2.56. The first-order valence-electron chi connectivity index (χ1n) is 8.60. The van der Waals surface area contributed by atoms with E-state index in [-0.39, 0.29) is 6.10 Å². The van der Waals surface area contributed by atoms with Crippen LogP contribution in [0.5, 0.6) is 5.75 Å². The van der Waals surface area contributed by atoms with Crippen LogP contribution < -0.4 is 4.74 Å². The third-order valence-electron chi connectivity index (χ3n) is 4.18. The number of rotatable bonds is 8. The van der Waals surface area contributed by atoms with E-state index in [0.29, 0.717) is 0 Å². The summed E-state index contributed by atoms with van der Waals surface area (Å²) >= 11 is 3.63. The van der Waals surface area contributed by atoms with E-state index in [9.17, 15) is 0 Å². The smallest absolute Gasteiger partial charge is 0.124 e. The van der Waals surface area contributed by atoms with Gasteiger partial charge < -0.3 is 4.74 Å². The predicted molar refractivity (Wildman–Crippen MR) is 102 cm³/mol. The summed E-state index contributed by atoms with van der Waals surface area (Å²) in [5.41, 5.74) is 3.71. The molecule has 0 amide bonds. The van der Waals surface area contributed by atoms with E-state index in [1.54, 1.807) is 0 Å². The fourth-order valence-corrected chi connectivity index (χ4v) is 3.09. The summed E-state index contributed by atoms with van der Waals surface area (Å²) < 4.78 is 7.55. The van der Waals surface area contributed by atoms with Gasteiger partial charge in [-0.2, -0.15) is 0 Å². The Labute approximate surface area is 149 Å². The minimum Gasteiger partial charge on any atom is -0.486 e. The fourth-order valence-electron chi connectivity index (χ4n) is 2.86. The molecular formula is C21H27BrO. The standard InChI is InChI=1S/C21H27BrO/c1-4-5-6-10-13-20(18-11-8-7-9-12-18)23-19-14-16(2)21(22)17(3)15-19/h7-9,11-12,14-15,20H,4-6,10,13H2,1-3H3. The van der Waals surface area contributed by atoms with Gasteiger partial charge in [0.1, 0.15) is 11.9 Å². The zero-order valence-electron chi connectivity index (χ0n) is 14.4. The molecule has 2 heteroatoms. The number of halogens is 1. The van der Waals surface area contributed by atoms with E-state index in [4.69, 9.17) is 4.74 Å². The van der Waals surface area contributed by atoms with Gasteiger partial charge >= 0.3 is 0 Å². The summed E-state index contributed by atoms with van der Waals surface area (Å²) in [4.78, 5) is 0. The van der Waals surface area contributed by atoms with Crippen LogP contribution in [0.25, 0.3) is 0 Å². The number of hydrogen-bond acceptors (Lipinski definition) is 1. The molecule has 1 unspecified atom stereocenters. The van der Waals surface area contributed by atoms with Gasteiger partial charge in [0.25, 0.3) is 0 Å². The lowest BCUT2D eigenvalue weighted by Gasteiger charge is -2.21. The van der Waals surface area contributed by atoms with Gasteiger partial charge in [-0.25, -0.2) is 0 Å². The lowest BCUT2D eigenvalue weighted by atomic mass is 10.0. The Balaban J connectivity index is 2.14. The van der Waals surface area contributed by atoms with Crippen molar-refractivity contribution in [1.29, 1.82) is 0 Å². The minimum atomic E-state index is 0.132. The van der Waals surface area contributed by atoms with Crippen LogP contribution in [0.1, 0.15) is 61.8 Å². The molecule has 0 aromatic heterocycles. The van der Waals surface area contributed by atoms with E-state index in [0.717, 1.165) is 12.2 Å². The molecule has 2 aromatic rings. The van der Waals surface area contributed by atoms with Crippen LogP contribution in [0.4, 0.5) is 0 Å². The van der Waals surface area contributed by atoms with Gasteiger partial charge in [0.2, 0.25) is 0 Å². The zero-order chi connectivity index (χ0) is 16.7. The van der Waals surface area contributed by atoms with Gasteiger partial charge in [0.15, 0.2) is 0 Å². The molecule has 0 saturated carbocycles. The highest BCUT2D eigenvalue weighted by Crippen LogP contribution is 2.31. The van der Waals surface area contributed by atoms with Crippen molar-refractivity contribution in [2.24, 2.45) is 0 Å². The molecule has 0 spiro atoms. The molecule has 0 heterocycles. The van der Waals surface area contributed by atoms with Crippen molar-refractivity contribution in [3.05, 3.63) is 63.6 Å². The molecular weight excluding hydrogens is 348 g/mol. The fraction of sp³-hybridized carbons (Fsp3) is 0.429. The number of unbranched alkanes of at least 4 members (excludes halogenated alkanes) is 3. The minimum absolute atomic E-state index is 0.132. The van der Waals surface area contributed by atoms with Crippen LogP contribution in [0.15, 0.2) is 46.9 Å². The Kier molecular flexibility index (Phi) is 7.16. The van der Waals surface area contributed by atoms with Crippen LogP contribution in [0, 0.1) is 13.8 Å². The first kappa shape index (κ1) is 18.1. The zero-order valence-corrected chi connectivity index (χ0v) is 16.0. The van der Waals surface area contributed by atoms with Gasteiger partial charge in [-0.15, -0.1) is 0 Å². The van der Waals surface area contributed by atoms with E-state index in [2.05, 4.69) is 79.2 Å². The maximum Gasteiger partial charge on any atom is 0.124 e. The lowest BCUT2D eigenvalue weighted by Crippen LogP contribution is -2.08. The van der Waals surface area contributed by atoms with Gasteiger partial charge in [-0.1, -0.05) is 72.4 Å². The van der Waals surface area contributed by atoms with E-state index < -0.39 is 0 Å². The summed E-state index contributed by atoms with van der Waals surface area (Å²) in [6.45, 7) is 6.48. The van der Waals surface area contributed by atoms with Crippen molar-refractivity contribution < 1.29 is 4.74 Å². The molecule has 0 N–H and O–H groups in total. The van der Waals surface area contributed by atoms with Gasteiger partial charge in [0, 0.05) is 4.47 Å². The highest BCUT2D eigenvalue weighted by atomic mass is 79.9. The number of benzene rings is 2. The Morgan fingerprint density at radius 2 is 1.61 bits per heavy atom. The molecule has 0 fully saturated rings. The first-order valence-corrected chi connectivity index (χ1v) is 9.39. The molecule has 2 aromatic carbocycles. The summed E-state index contributed by atoms with van der Waals surface area (Å²) in [6.07, 6.45) is 6.26. The van der Waals surface area contributed by atoms with Gasteiger partial charge in [0.05, 0.1) is 0 Å². The maximum atomic E-state index is 6.38. The average molecular weight is 375 g/mol. The second-order valence-electron chi connectivity index (χ2n) is 6.24. The highest BCUT2D eigenvalue weighted by Gasteiger charge is 2.14. The number of aryl methyl sites for hydroxylation is 2. The van der Waals surface area contributed by atoms with Crippen LogP contribution in [-0.2, 0) is 0 Å². The Hall–Kier alpha value is -1.28. The third kappa shape index (κ3) is 5.39. The quantitative estimate of drug-likeness (QED) is 0.445. The maximum absolute atomic E-state index is 6.38. The van der Waals surface area contributed by atoms with Crippen molar-refractivity contribution in [3.63, 3.8) is 0 Å². The predicted octanol–water partition coefficient (Wildman–Crippen LogP) is 7.16. The van der Waals surface area contributed by atoms with Crippen molar-refractivity contribution >= 4 is 15.9 Å². The van der Waals surface area contributed by atoms with Crippen molar-refractivity contribution in [1.82, 2.24) is 0 Å². The van der Waals surface area contributed by atoms with E-state index in [1.165, 1.54) is 46.8 Å². The van der Waals surface area contributed by atoms with Gasteiger partial charge in [-0.05, 0) is 55.5 Å². The Morgan fingerprint density at radius 1 is 0.957 bits per heavy atom. The summed E-state index contributed by atoms with van der Waals surface area (Å²) in [5.74, 6) is 0.965. The number of hydrogen-bond donors (Lipinski definition) is 0. The molecule has 1 nitrogen and oxygen atoms in total. The van der Waals surface area contributed by atoms with Crippen LogP contribution in [0.2, 0.25) is 0 Å². The molecule has 124 valence electrons. The van der Waals surface area contributed by atoms with Crippen LogP contribution >= 0.6 is 15.9 Å². The van der Waals surface area contributed by atoms with Crippen molar-refractivity contribution in [3.8, 4) is 5.75 Å². The van der Waals surface area contributed by atoms with Crippen LogP contribution in [0.3, 0.4) is 0 Å². The molecule has 0 aliphatic heterocycles. The normalized spacial score (nSPS) is 12.2. The largest absolute Gasteiger partial charge is 0.486 e. The summed E-state index contributed by atoms with van der Waals surface area (Å²) in [6, 6.07) is 14.8. The molecule has 0 saturated heterocycles. The summed E-state index contributed by atoms with van der Waals surface area (Å²) in [7, 11) is 0. The molecule has 0 aliphatic carbocycles. The summed E-state index contributed by atoms with van der Waals surface area (Å²) in [5, 5.41) is 0. The van der Waals surface area contributed by atoms with Crippen molar-refractivity contribution in [2.45, 2.75) is 59.0 Å². The SMILES string of the molecule is CCCCCCC(Oc1cc(C)c(Br)c(C)c1)c1ccccc1. The topological polar surface area (TPSA) is 9.23 Å². The molecule has 0 radical (unpaired) electrons. The number of ether oxygens (including phenoxy) is 1. The van der Waals surface area contributed by atoms with E-state index >= 15 is 0 Å². The highest BCUT2D eigenvalue weighted by molar-refractivity contribution is 9.10. The Bertz CT molecular complexity index is 583. The first-order chi connectivity index (χ1) is 11.1. The lowest BCUT2D eigenvalue weighted by molar-refractivity contribution is 0.190. The van der Waals surface area contributed by atoms with Crippen LogP contribution in [-0.4, -0.2) is 0 Å². The molecule has 2 rings (SSSR count). The monoisotopic (exact) mass is 374 g/mol. The third-order valence-corrected chi connectivity index (χ3v) is 5.43. The van der Waals surface area contributed by atoms with Crippen molar-refractivity contribution in [2.75, 3.05) is 0 Å². The van der Waals surface area contributed by atoms with E-state index in [1.807, 2.05) is 0 Å². The molecule has 1 atom stereocenters.